The van der Waals surface area contributed by atoms with Gasteiger partial charge in [0.05, 0.1) is 28.6 Å². The van der Waals surface area contributed by atoms with E-state index in [9.17, 15) is 20.2 Å². The van der Waals surface area contributed by atoms with E-state index in [2.05, 4.69) is 5.32 Å². The summed E-state index contributed by atoms with van der Waals surface area (Å²) in [6.07, 6.45) is -0.961. The van der Waals surface area contributed by atoms with Crippen LogP contribution in [0.5, 0.6) is 0 Å². The maximum atomic E-state index is 10.8. The maximum absolute atomic E-state index is 10.8. The summed E-state index contributed by atoms with van der Waals surface area (Å²) in [5.41, 5.74) is -0.452. The molecule has 0 aliphatic carbocycles. The van der Waals surface area contributed by atoms with Crippen molar-refractivity contribution in [2.45, 2.75) is 12.6 Å². The molecule has 0 amide bonds. The number of hydrogen-bond acceptors (Lipinski definition) is 7. The van der Waals surface area contributed by atoms with Gasteiger partial charge in [-0.1, -0.05) is 0 Å². The third-order valence-electron chi connectivity index (χ3n) is 2.38. The van der Waals surface area contributed by atoms with Crippen LogP contribution in [0.3, 0.4) is 0 Å². The fourth-order valence-electron chi connectivity index (χ4n) is 1.42. The first-order valence-electron chi connectivity index (χ1n) is 5.37. The molecule has 1 aromatic rings. The molecule has 9 nitrogen and oxygen atoms in total. The summed E-state index contributed by atoms with van der Waals surface area (Å²) in [7, 11) is 0. The minimum atomic E-state index is -0.961. The number of nitrogens with one attached hydrogen (secondary N) is 1. The summed E-state index contributed by atoms with van der Waals surface area (Å²) in [5.74, 6) is 0. The van der Waals surface area contributed by atoms with Gasteiger partial charge in [0.15, 0.2) is 0 Å². The summed E-state index contributed by atoms with van der Waals surface area (Å²) in [6.45, 7) is -0.300. The first-order valence-corrected chi connectivity index (χ1v) is 5.37. The molecule has 0 saturated carbocycles. The van der Waals surface area contributed by atoms with Crippen LogP contribution in [0.1, 0.15) is 5.56 Å². The van der Waals surface area contributed by atoms with Crippen molar-refractivity contribution in [1.29, 1.82) is 0 Å². The molecule has 1 atom stereocenters. The second-order valence-corrected chi connectivity index (χ2v) is 3.79. The zero-order valence-electron chi connectivity index (χ0n) is 9.85. The van der Waals surface area contributed by atoms with Crippen LogP contribution < -0.4 is 5.32 Å². The van der Waals surface area contributed by atoms with Gasteiger partial charge in [0.1, 0.15) is 0 Å². The van der Waals surface area contributed by atoms with Crippen molar-refractivity contribution in [3.8, 4) is 0 Å². The standard InChI is InChI=1S/C10H13N3O6/c14-6-9(15)5-11-4-7-1-2-8(12(16)17)3-10(7)13(18)19/h1-3,9,11,14-15H,4-6H2. The highest BCUT2D eigenvalue weighted by Gasteiger charge is 2.19. The minimum Gasteiger partial charge on any atom is -0.394 e. The molecule has 3 N–H and O–H groups in total. The SMILES string of the molecule is O=[N+]([O-])c1ccc(CNCC(O)CO)c([N+](=O)[O-])c1. The molecular formula is C10H13N3O6. The average molecular weight is 271 g/mol. The van der Waals surface area contributed by atoms with Crippen molar-refractivity contribution in [3.63, 3.8) is 0 Å². The molecule has 0 aromatic heterocycles. The lowest BCUT2D eigenvalue weighted by Gasteiger charge is -2.09. The summed E-state index contributed by atoms with van der Waals surface area (Å²) in [4.78, 5) is 19.9. The summed E-state index contributed by atoms with van der Waals surface area (Å²) in [6, 6.07) is 3.35. The lowest BCUT2D eigenvalue weighted by Crippen LogP contribution is -2.29. The van der Waals surface area contributed by atoms with Gasteiger partial charge >= 0.3 is 0 Å². The Kier molecular flexibility index (Phi) is 5.30. The van der Waals surface area contributed by atoms with Crippen LogP contribution in [0.15, 0.2) is 18.2 Å². The number of rotatable bonds is 7. The van der Waals surface area contributed by atoms with Gasteiger partial charge in [-0.15, -0.1) is 0 Å². The van der Waals surface area contributed by atoms with Gasteiger partial charge in [-0.25, -0.2) is 0 Å². The average Bonchev–Trinajstić information content (AvgIpc) is 2.38. The molecule has 19 heavy (non-hydrogen) atoms. The monoisotopic (exact) mass is 271 g/mol. The Labute approximate surface area is 107 Å². The topological polar surface area (TPSA) is 139 Å². The lowest BCUT2D eigenvalue weighted by molar-refractivity contribution is -0.394. The first kappa shape index (κ1) is 15.0. The van der Waals surface area contributed by atoms with Gasteiger partial charge in [-0.3, -0.25) is 20.2 Å². The zero-order valence-corrected chi connectivity index (χ0v) is 9.85. The van der Waals surface area contributed by atoms with E-state index in [1.54, 1.807) is 0 Å². The van der Waals surface area contributed by atoms with Gasteiger partial charge in [0, 0.05) is 24.7 Å². The third-order valence-corrected chi connectivity index (χ3v) is 2.38. The molecule has 1 aromatic carbocycles. The second-order valence-electron chi connectivity index (χ2n) is 3.79. The van der Waals surface area contributed by atoms with E-state index in [1.807, 2.05) is 0 Å². The second kappa shape index (κ2) is 6.73. The molecule has 104 valence electrons. The highest BCUT2D eigenvalue weighted by atomic mass is 16.6. The van der Waals surface area contributed by atoms with Gasteiger partial charge in [0.25, 0.3) is 11.4 Å². The zero-order chi connectivity index (χ0) is 14.4. The van der Waals surface area contributed by atoms with Crippen molar-refractivity contribution in [2.75, 3.05) is 13.2 Å². The molecule has 0 heterocycles. The van der Waals surface area contributed by atoms with E-state index in [1.165, 1.54) is 12.1 Å². The Morgan fingerprint density at radius 3 is 2.47 bits per heavy atom. The molecule has 0 bridgehead atoms. The predicted octanol–water partition coefficient (Wildman–Crippen LogP) is -0.0542. The number of nitrogens with zero attached hydrogens (tertiary/aromatic N) is 2. The quantitative estimate of drug-likeness (QED) is 0.466. The molecule has 1 unspecified atom stereocenters. The molecule has 0 spiro atoms. The van der Waals surface area contributed by atoms with Crippen LogP contribution in [0.25, 0.3) is 0 Å². The Hall–Kier alpha value is -2.10. The molecule has 0 fully saturated rings. The fraction of sp³-hybridized carbons (Fsp3) is 0.400. The largest absolute Gasteiger partial charge is 0.394 e. The fourth-order valence-corrected chi connectivity index (χ4v) is 1.42. The normalized spacial score (nSPS) is 12.1. The van der Waals surface area contributed by atoms with E-state index in [0.717, 1.165) is 6.07 Å². The van der Waals surface area contributed by atoms with Crippen LogP contribution in [0.2, 0.25) is 0 Å². The summed E-state index contributed by atoms with van der Waals surface area (Å²) >= 11 is 0. The predicted molar refractivity (Wildman–Crippen MR) is 64.6 cm³/mol. The number of aliphatic hydroxyl groups is 2. The molecule has 0 aliphatic rings. The van der Waals surface area contributed by atoms with Crippen LogP contribution in [-0.4, -0.2) is 39.3 Å². The van der Waals surface area contributed by atoms with Crippen LogP contribution in [0.4, 0.5) is 11.4 Å². The highest BCUT2D eigenvalue weighted by Crippen LogP contribution is 2.24. The number of aliphatic hydroxyl groups excluding tert-OH is 2. The maximum Gasteiger partial charge on any atom is 0.280 e. The van der Waals surface area contributed by atoms with Gasteiger partial charge in [0.2, 0.25) is 0 Å². The molecule has 0 saturated heterocycles. The van der Waals surface area contributed by atoms with Gasteiger partial charge in [-0.2, -0.15) is 0 Å². The lowest BCUT2D eigenvalue weighted by atomic mass is 10.1. The molecule has 0 radical (unpaired) electrons. The van der Waals surface area contributed by atoms with E-state index in [-0.39, 0.29) is 30.0 Å². The molecular weight excluding hydrogens is 258 g/mol. The summed E-state index contributed by atoms with van der Waals surface area (Å²) in [5, 5.41) is 41.8. The Balaban J connectivity index is 2.82. The molecule has 0 aliphatic heterocycles. The Morgan fingerprint density at radius 2 is 1.95 bits per heavy atom. The van der Waals surface area contributed by atoms with Crippen molar-refractivity contribution in [3.05, 3.63) is 44.0 Å². The number of non-ortho nitro benzene ring substituents is 1. The Bertz CT molecular complexity index is 478. The van der Waals surface area contributed by atoms with Crippen molar-refractivity contribution in [2.24, 2.45) is 0 Å². The Morgan fingerprint density at radius 1 is 1.26 bits per heavy atom. The smallest absolute Gasteiger partial charge is 0.280 e. The van der Waals surface area contributed by atoms with Crippen LogP contribution in [0, 0.1) is 20.2 Å². The number of benzene rings is 1. The van der Waals surface area contributed by atoms with E-state index in [4.69, 9.17) is 10.2 Å². The highest BCUT2D eigenvalue weighted by molar-refractivity contribution is 5.49. The van der Waals surface area contributed by atoms with Gasteiger partial charge in [-0.05, 0) is 6.07 Å². The van der Waals surface area contributed by atoms with E-state index in [0.29, 0.717) is 0 Å². The molecule has 9 heteroatoms. The minimum absolute atomic E-state index is 0.0602. The number of nitro benzene ring substituents is 2. The number of hydrogen-bond donors (Lipinski definition) is 3. The van der Waals surface area contributed by atoms with Gasteiger partial charge < -0.3 is 15.5 Å². The summed E-state index contributed by atoms with van der Waals surface area (Å²) < 4.78 is 0. The van der Waals surface area contributed by atoms with Crippen LogP contribution >= 0.6 is 0 Å². The van der Waals surface area contributed by atoms with Crippen molar-refractivity contribution in [1.82, 2.24) is 5.32 Å². The van der Waals surface area contributed by atoms with E-state index < -0.39 is 22.6 Å². The first-order chi connectivity index (χ1) is 8.95. The van der Waals surface area contributed by atoms with Crippen LogP contribution in [-0.2, 0) is 6.54 Å². The van der Waals surface area contributed by atoms with Crippen molar-refractivity contribution < 1.29 is 20.1 Å². The molecule has 1 rings (SSSR count). The number of nitro groups is 2. The van der Waals surface area contributed by atoms with E-state index >= 15 is 0 Å². The van der Waals surface area contributed by atoms with Crippen molar-refractivity contribution >= 4 is 11.4 Å². The third kappa shape index (κ3) is 4.25.